The van der Waals surface area contributed by atoms with E-state index in [0.29, 0.717) is 0 Å². The third kappa shape index (κ3) is 8.54. The van der Waals surface area contributed by atoms with Crippen molar-refractivity contribution in [2.24, 2.45) is 0 Å². The maximum absolute atomic E-state index is 6.76. The van der Waals surface area contributed by atoms with Crippen LogP contribution in [-0.2, 0) is 0 Å². The van der Waals surface area contributed by atoms with E-state index in [0.717, 1.165) is 122 Å². The highest BCUT2D eigenvalue weighted by atomic mass is 16.3. The Morgan fingerprint density at radius 2 is 0.520 bits per heavy atom. The molecule has 0 fully saturated rings. The van der Waals surface area contributed by atoms with E-state index in [9.17, 15) is 0 Å². The van der Waals surface area contributed by atoms with Crippen LogP contribution in [0.5, 0.6) is 0 Å². The highest BCUT2D eigenvalue weighted by Crippen LogP contribution is 2.45. The third-order valence-electron chi connectivity index (χ3n) is 21.6. The predicted octanol–water partition coefficient (Wildman–Crippen LogP) is 26.2. The molecule has 6 heteroatoms. The number of hydrogen-bond donors (Lipinski definition) is 0. The topological polar surface area (TPSA) is 46.0 Å². The minimum atomic E-state index is 0.857. The summed E-state index contributed by atoms with van der Waals surface area (Å²) >= 11 is 0. The Labute approximate surface area is 584 Å². The van der Waals surface area contributed by atoms with Gasteiger partial charge in [-0.3, -0.25) is 0 Å². The molecule has 0 N–H and O–H groups in total. The van der Waals surface area contributed by atoms with Crippen LogP contribution >= 0.6 is 0 Å². The van der Waals surface area contributed by atoms with E-state index in [1.807, 2.05) is 6.07 Å². The SMILES string of the molecule is c1ccc(-c2ccc(-n3c4ccccc4c4cc(-c5ccc6c(c5)c5ccccc5n6-c5ccc6oc7cc(-c8cccc(-c9cccc(-n%10c%11ccccc%11c%11cc(-c%12ccc%13c(c%12)c%12ccccc%12n%13-c%12cccc%13c%12oc%12ccccc%12%13)ccc%11%10)c9)c8)ccc7c6c5)ccc43)cc2)cc1. The van der Waals surface area contributed by atoms with Crippen molar-refractivity contribution in [2.75, 3.05) is 0 Å². The second-order valence-electron chi connectivity index (χ2n) is 27.1. The lowest BCUT2D eigenvalue weighted by atomic mass is 9.98. The number of para-hydroxylation sites is 6. The minimum Gasteiger partial charge on any atom is -0.456 e. The number of nitrogens with zero attached hydrogens (tertiary/aromatic N) is 4. The highest BCUT2D eigenvalue weighted by Gasteiger charge is 2.23. The van der Waals surface area contributed by atoms with Crippen LogP contribution < -0.4 is 0 Å². The Kier molecular flexibility index (Phi) is 12.1. The zero-order valence-corrected chi connectivity index (χ0v) is 55.1. The van der Waals surface area contributed by atoms with Crippen molar-refractivity contribution >= 4 is 131 Å². The first-order valence-corrected chi connectivity index (χ1v) is 34.9. The fourth-order valence-electron chi connectivity index (χ4n) is 16.8. The summed E-state index contributed by atoms with van der Waals surface area (Å²) in [5.74, 6) is 0. The predicted molar refractivity (Wildman–Crippen MR) is 426 cm³/mol. The molecule has 6 aromatic heterocycles. The van der Waals surface area contributed by atoms with Crippen LogP contribution in [0.3, 0.4) is 0 Å². The molecule has 0 aliphatic rings. The van der Waals surface area contributed by atoms with Crippen molar-refractivity contribution in [1.29, 1.82) is 0 Å². The third-order valence-corrected chi connectivity index (χ3v) is 21.6. The zero-order chi connectivity index (χ0) is 66.7. The first kappa shape index (κ1) is 56.3. The lowest BCUT2D eigenvalue weighted by Gasteiger charge is -2.12. The average Bonchev–Trinajstić information content (AvgIpc) is 1.59. The summed E-state index contributed by atoms with van der Waals surface area (Å²) in [4.78, 5) is 0. The van der Waals surface area contributed by atoms with Gasteiger partial charge in [0.15, 0.2) is 5.58 Å². The molecule has 0 saturated heterocycles. The number of benzene rings is 16. The highest BCUT2D eigenvalue weighted by molar-refractivity contribution is 6.17. The minimum absolute atomic E-state index is 0.857. The van der Waals surface area contributed by atoms with Crippen molar-refractivity contribution in [3.8, 4) is 78.4 Å². The Morgan fingerprint density at radius 3 is 1.10 bits per heavy atom. The molecule has 6 heterocycles. The molecule has 0 spiro atoms. The van der Waals surface area contributed by atoms with Crippen LogP contribution in [0.2, 0.25) is 0 Å². The Morgan fingerprint density at radius 1 is 0.157 bits per heavy atom. The molecule has 0 aliphatic carbocycles. The van der Waals surface area contributed by atoms with E-state index in [4.69, 9.17) is 8.83 Å². The van der Waals surface area contributed by atoms with E-state index in [1.54, 1.807) is 0 Å². The second-order valence-corrected chi connectivity index (χ2v) is 27.1. The molecule has 22 aromatic rings. The van der Waals surface area contributed by atoms with Crippen LogP contribution in [0.25, 0.3) is 209 Å². The molecule has 0 amide bonds. The lowest BCUT2D eigenvalue weighted by Crippen LogP contribution is -1.94. The van der Waals surface area contributed by atoms with Gasteiger partial charge in [-0.25, -0.2) is 0 Å². The first-order chi connectivity index (χ1) is 50.5. The van der Waals surface area contributed by atoms with Gasteiger partial charge in [-0.1, -0.05) is 206 Å². The smallest absolute Gasteiger partial charge is 0.159 e. The van der Waals surface area contributed by atoms with Gasteiger partial charge < -0.3 is 27.1 Å². The molecule has 16 aromatic carbocycles. The van der Waals surface area contributed by atoms with Gasteiger partial charge in [0.25, 0.3) is 0 Å². The second kappa shape index (κ2) is 21.9. The maximum atomic E-state index is 6.76. The number of rotatable bonds is 9. The van der Waals surface area contributed by atoms with Crippen LogP contribution in [0.1, 0.15) is 0 Å². The number of hydrogen-bond acceptors (Lipinski definition) is 2. The monoisotopic (exact) mass is 1300 g/mol. The summed E-state index contributed by atoms with van der Waals surface area (Å²) in [7, 11) is 0. The van der Waals surface area contributed by atoms with Gasteiger partial charge in [-0.05, 0) is 201 Å². The van der Waals surface area contributed by atoms with Crippen LogP contribution in [-0.4, -0.2) is 18.3 Å². The van der Waals surface area contributed by atoms with Crippen molar-refractivity contribution in [1.82, 2.24) is 18.3 Å². The fraction of sp³-hybridized carbons (Fsp3) is 0. The van der Waals surface area contributed by atoms with Gasteiger partial charge in [-0.15, -0.1) is 0 Å². The lowest BCUT2D eigenvalue weighted by molar-refractivity contribution is 0.666. The number of aromatic nitrogens is 4. The summed E-state index contributed by atoms with van der Waals surface area (Å²) in [6.07, 6.45) is 0. The van der Waals surface area contributed by atoms with Crippen LogP contribution in [0.15, 0.2) is 361 Å². The summed E-state index contributed by atoms with van der Waals surface area (Å²) in [6, 6.07) is 128. The van der Waals surface area contributed by atoms with Crippen molar-refractivity contribution in [3.63, 3.8) is 0 Å². The summed E-state index contributed by atoms with van der Waals surface area (Å²) < 4.78 is 23.0. The molecule has 0 aliphatic heterocycles. The number of fused-ring (bicyclic) bond motifs is 18. The molecule has 0 atom stereocenters. The van der Waals surface area contributed by atoms with E-state index >= 15 is 0 Å². The van der Waals surface area contributed by atoms with Crippen molar-refractivity contribution in [2.45, 2.75) is 0 Å². The molecular weight excluding hydrogens is 1240 g/mol. The van der Waals surface area contributed by atoms with Crippen LogP contribution in [0.4, 0.5) is 0 Å². The van der Waals surface area contributed by atoms with Gasteiger partial charge in [0, 0.05) is 81.7 Å². The standard InChI is InChI=1S/C96H58N4O2/c1-2-17-59(18-3-1)60-35-42-69(43-36-60)97-84-29-9-4-23-72(84)79-53-64(38-46-88(79)97)65-40-48-90-81(55-65)74-25-6-11-31-86(74)99(90)71-44-50-94-83(58-71)77-45-37-68(57-95(77)101-94)62-20-14-19-61(51-62)63-21-15-22-70(52-63)98-85-30-10-5-24-73(85)80-54-66(39-47-89(80)98)67-41-49-91-82(56-67)75-26-7-12-32-87(75)100(91)92-33-16-28-78-76-27-8-13-34-93(76)102-96(78)92/h1-58H. The molecule has 0 bridgehead atoms. The Bertz CT molecular complexity index is 7250. The first-order valence-electron chi connectivity index (χ1n) is 34.9. The molecule has 474 valence electrons. The summed E-state index contributed by atoms with van der Waals surface area (Å²) in [5, 5.41) is 14.1. The van der Waals surface area contributed by atoms with E-state index in [1.165, 1.54) is 87.5 Å². The number of furan rings is 2. The van der Waals surface area contributed by atoms with Gasteiger partial charge in [0.05, 0.1) is 49.8 Å². The van der Waals surface area contributed by atoms with E-state index in [2.05, 4.69) is 364 Å². The molecule has 6 nitrogen and oxygen atoms in total. The molecule has 0 radical (unpaired) electrons. The Balaban J connectivity index is 0.570. The van der Waals surface area contributed by atoms with Gasteiger partial charge in [0.1, 0.15) is 16.7 Å². The van der Waals surface area contributed by atoms with Gasteiger partial charge >= 0.3 is 0 Å². The maximum Gasteiger partial charge on any atom is 0.159 e. The molecule has 0 saturated carbocycles. The molecule has 102 heavy (non-hydrogen) atoms. The van der Waals surface area contributed by atoms with Crippen molar-refractivity contribution in [3.05, 3.63) is 352 Å². The quantitative estimate of drug-likeness (QED) is 0.145. The summed E-state index contributed by atoms with van der Waals surface area (Å²) in [6.45, 7) is 0. The van der Waals surface area contributed by atoms with Gasteiger partial charge in [0.2, 0.25) is 0 Å². The zero-order valence-electron chi connectivity index (χ0n) is 55.1. The molecule has 22 rings (SSSR count). The summed E-state index contributed by atoms with van der Waals surface area (Å²) in [5.41, 5.74) is 28.8. The largest absolute Gasteiger partial charge is 0.456 e. The molecule has 0 unspecified atom stereocenters. The van der Waals surface area contributed by atoms with Crippen molar-refractivity contribution < 1.29 is 8.83 Å². The normalized spacial score (nSPS) is 12.1. The van der Waals surface area contributed by atoms with E-state index in [-0.39, 0.29) is 0 Å². The Hall–Kier alpha value is -13.7. The average molecular weight is 1300 g/mol. The van der Waals surface area contributed by atoms with Crippen LogP contribution in [0, 0.1) is 0 Å². The van der Waals surface area contributed by atoms with Gasteiger partial charge in [-0.2, -0.15) is 0 Å². The van der Waals surface area contributed by atoms with E-state index < -0.39 is 0 Å². The fourth-order valence-corrected chi connectivity index (χ4v) is 16.8. The molecular formula is C96H58N4O2.